The normalized spacial score (nSPS) is 13.8. The van der Waals surface area contributed by atoms with Gasteiger partial charge >= 0.3 is 0 Å². The highest BCUT2D eigenvalue weighted by Crippen LogP contribution is 2.40. The summed E-state index contributed by atoms with van der Waals surface area (Å²) >= 11 is 3.59. The molecule has 0 unspecified atom stereocenters. The maximum Gasteiger partial charge on any atom is 0.261 e. The Morgan fingerprint density at radius 1 is 0.825 bits per heavy atom. The summed E-state index contributed by atoms with van der Waals surface area (Å²) in [5.74, 6) is 0. The maximum absolute atomic E-state index is 7.55. The van der Waals surface area contributed by atoms with Crippen LogP contribution < -0.4 is 21.4 Å². The van der Waals surface area contributed by atoms with Gasteiger partial charge in [0.15, 0.2) is 8.32 Å². The fourth-order valence-corrected chi connectivity index (χ4v) is 10.9. The second-order valence-corrected chi connectivity index (χ2v) is 23.2. The minimum Gasteiger partial charge on any atom is -0.414 e. The summed E-state index contributed by atoms with van der Waals surface area (Å²) in [4.78, 5) is 0. The first-order valence-electron chi connectivity index (χ1n) is 14.3. The van der Waals surface area contributed by atoms with Crippen molar-refractivity contribution in [1.82, 2.24) is 0 Å². The Balaban J connectivity index is 2.01. The van der Waals surface area contributed by atoms with Crippen molar-refractivity contribution in [3.05, 3.63) is 82.8 Å². The highest BCUT2D eigenvalue weighted by atomic mass is 79.9. The van der Waals surface area contributed by atoms with Gasteiger partial charge in [0.1, 0.15) is 0 Å². The lowest BCUT2D eigenvalue weighted by Gasteiger charge is -2.46. The number of hydrogen-bond acceptors (Lipinski definition) is 4. The average Bonchev–Trinajstić information content (AvgIpc) is 2.89. The third kappa shape index (κ3) is 7.29. The molecule has 0 fully saturated rings. The van der Waals surface area contributed by atoms with Gasteiger partial charge in [0, 0.05) is 11.0 Å². The number of hydrogen-bond donors (Lipinski definition) is 2. The lowest BCUT2D eigenvalue weighted by atomic mass is 10.1. The first-order valence-corrected chi connectivity index (χ1v) is 19.9. The van der Waals surface area contributed by atoms with E-state index in [1.165, 1.54) is 10.4 Å². The number of rotatable bonds is 11. The number of nitrogens with two attached hydrogens (primary N) is 1. The number of anilines is 2. The molecule has 40 heavy (non-hydrogen) atoms. The van der Waals surface area contributed by atoms with Crippen LogP contribution in [0.25, 0.3) is 0 Å². The van der Waals surface area contributed by atoms with Crippen LogP contribution in [0.4, 0.5) is 11.4 Å². The van der Waals surface area contributed by atoms with Crippen LogP contribution in [-0.2, 0) is 8.85 Å². The summed E-state index contributed by atoms with van der Waals surface area (Å²) in [6.45, 7) is 21.8. The Morgan fingerprint density at radius 3 is 1.82 bits per heavy atom. The predicted octanol–water partition coefficient (Wildman–Crippen LogP) is 8.11. The monoisotopic (exact) mass is 640 g/mol. The third-order valence-electron chi connectivity index (χ3n) is 8.43. The van der Waals surface area contributed by atoms with Crippen molar-refractivity contribution < 1.29 is 8.85 Å². The van der Waals surface area contributed by atoms with Crippen LogP contribution in [0.5, 0.6) is 0 Å². The Hall–Kier alpha value is -1.91. The first-order chi connectivity index (χ1) is 18.6. The van der Waals surface area contributed by atoms with Gasteiger partial charge in [0.05, 0.1) is 24.1 Å². The van der Waals surface area contributed by atoms with Gasteiger partial charge in [-0.25, -0.2) is 0 Å². The van der Waals surface area contributed by atoms with E-state index in [9.17, 15) is 0 Å². The Labute approximate surface area is 253 Å². The zero-order valence-electron chi connectivity index (χ0n) is 25.9. The van der Waals surface area contributed by atoms with Crippen molar-refractivity contribution in [2.24, 2.45) is 0 Å². The van der Waals surface area contributed by atoms with Crippen molar-refractivity contribution in [2.75, 3.05) is 24.2 Å². The lowest BCUT2D eigenvalue weighted by molar-refractivity contribution is 0.107. The van der Waals surface area contributed by atoms with E-state index in [2.05, 4.69) is 137 Å². The molecule has 3 rings (SSSR count). The molecule has 3 N–H and O–H groups in total. The smallest absolute Gasteiger partial charge is 0.261 e. The second kappa shape index (κ2) is 12.9. The van der Waals surface area contributed by atoms with Crippen molar-refractivity contribution in [1.29, 1.82) is 0 Å². The minimum absolute atomic E-state index is 0.0919. The lowest BCUT2D eigenvalue weighted by Crippen LogP contribution is -2.68. The van der Waals surface area contributed by atoms with Gasteiger partial charge in [-0.15, -0.1) is 0 Å². The molecule has 0 aromatic heterocycles. The van der Waals surface area contributed by atoms with Gasteiger partial charge in [-0.2, -0.15) is 0 Å². The third-order valence-corrected chi connectivity index (χ3v) is 18.9. The molecule has 3 aromatic carbocycles. The molecule has 0 aliphatic rings. The van der Waals surface area contributed by atoms with E-state index in [1.807, 2.05) is 19.1 Å². The molecule has 4 nitrogen and oxygen atoms in total. The Kier molecular flexibility index (Phi) is 10.6. The molecule has 218 valence electrons. The number of nitrogens with one attached hydrogen (secondary N) is 1. The van der Waals surface area contributed by atoms with Crippen molar-refractivity contribution in [3.8, 4) is 0 Å². The predicted molar refractivity (Wildman–Crippen MR) is 182 cm³/mol. The molecule has 0 radical (unpaired) electrons. The van der Waals surface area contributed by atoms with Crippen LogP contribution in [0.3, 0.4) is 0 Å². The number of nitrogen functional groups attached to an aromatic ring is 1. The van der Waals surface area contributed by atoms with E-state index >= 15 is 0 Å². The van der Waals surface area contributed by atoms with Gasteiger partial charge in [0.2, 0.25) is 0 Å². The molecule has 0 heterocycles. The van der Waals surface area contributed by atoms with E-state index in [4.69, 9.17) is 14.6 Å². The first kappa shape index (κ1) is 32.6. The maximum atomic E-state index is 7.55. The number of halogens is 1. The zero-order chi connectivity index (χ0) is 29.8. The quantitative estimate of drug-likeness (QED) is 0.164. The summed E-state index contributed by atoms with van der Waals surface area (Å²) in [6.07, 6.45) is 0.707. The van der Waals surface area contributed by atoms with Crippen LogP contribution in [0.1, 0.15) is 53.5 Å². The van der Waals surface area contributed by atoms with E-state index in [0.29, 0.717) is 6.61 Å². The molecule has 0 aliphatic heterocycles. The Morgan fingerprint density at radius 2 is 1.35 bits per heavy atom. The van der Waals surface area contributed by atoms with Gasteiger partial charge in [-0.3, -0.25) is 0 Å². The van der Waals surface area contributed by atoms with E-state index in [1.54, 1.807) is 0 Å². The summed E-state index contributed by atoms with van der Waals surface area (Å²) in [5.41, 5.74) is 9.21. The SMILES string of the molecule is Cc1c(Br)ccc(NCC[C@@H](CO[Si](C)(C)C(C)(C)C)O[Si](c2ccccc2)(c2ccccc2)C(C)(C)C)c1N. The second-order valence-electron chi connectivity index (χ2n) is 13.3. The molecule has 0 saturated carbocycles. The van der Waals surface area contributed by atoms with E-state index in [0.717, 1.165) is 34.4 Å². The van der Waals surface area contributed by atoms with Crippen LogP contribution in [-0.4, -0.2) is 35.9 Å². The van der Waals surface area contributed by atoms with Gasteiger partial charge in [-0.1, -0.05) is 118 Å². The molecule has 3 aromatic rings. The average molecular weight is 642 g/mol. The molecule has 0 spiro atoms. The molecule has 0 aliphatic carbocycles. The topological polar surface area (TPSA) is 56.5 Å². The Bertz CT molecular complexity index is 1200. The number of benzene rings is 3. The van der Waals surface area contributed by atoms with Crippen LogP contribution >= 0.6 is 15.9 Å². The van der Waals surface area contributed by atoms with Crippen LogP contribution in [0.2, 0.25) is 23.2 Å². The standard InChI is InChI=1S/C33H49BrN2O2Si2/c1-25-29(34)20-21-30(31(25)35)36-23-22-26(24-37-39(8,9)32(2,3)4)38-40(33(5,6)7,27-16-12-10-13-17-27)28-18-14-11-15-19-28/h10-21,26,36H,22-24,35H2,1-9H3/t26-/m0/s1. The molecule has 1 atom stereocenters. The van der Waals surface area contributed by atoms with Crippen LogP contribution in [0.15, 0.2) is 77.3 Å². The molecular weight excluding hydrogens is 592 g/mol. The van der Waals surface area contributed by atoms with Gasteiger partial charge < -0.3 is 19.9 Å². The zero-order valence-corrected chi connectivity index (χ0v) is 29.5. The van der Waals surface area contributed by atoms with Gasteiger partial charge in [-0.05, 0) is 64.6 Å². The minimum atomic E-state index is -2.73. The molecule has 0 bridgehead atoms. The molecule has 7 heteroatoms. The van der Waals surface area contributed by atoms with Gasteiger partial charge in [0.25, 0.3) is 8.32 Å². The molecule has 0 amide bonds. The summed E-state index contributed by atoms with van der Waals surface area (Å²) < 4.78 is 15.4. The summed E-state index contributed by atoms with van der Waals surface area (Å²) in [7, 11) is -4.72. The summed E-state index contributed by atoms with van der Waals surface area (Å²) in [5, 5.41) is 6.17. The largest absolute Gasteiger partial charge is 0.414 e. The van der Waals surface area contributed by atoms with Crippen molar-refractivity contribution >= 4 is 54.3 Å². The fourth-order valence-electron chi connectivity index (χ4n) is 4.86. The summed E-state index contributed by atoms with van der Waals surface area (Å²) in [6, 6.07) is 25.8. The molecule has 0 saturated heterocycles. The fraction of sp³-hybridized carbons (Fsp3) is 0.455. The van der Waals surface area contributed by atoms with Crippen molar-refractivity contribution in [2.45, 2.75) is 84.2 Å². The van der Waals surface area contributed by atoms with E-state index < -0.39 is 16.6 Å². The molecular formula is C33H49BrN2O2Si2. The highest BCUT2D eigenvalue weighted by molar-refractivity contribution is 9.10. The van der Waals surface area contributed by atoms with Crippen molar-refractivity contribution in [3.63, 3.8) is 0 Å². The van der Waals surface area contributed by atoms with Crippen LogP contribution in [0, 0.1) is 6.92 Å². The van der Waals surface area contributed by atoms with E-state index in [-0.39, 0.29) is 16.2 Å². The highest BCUT2D eigenvalue weighted by Gasteiger charge is 2.51.